The molecule has 4 N–H and O–H groups in total. The zero-order valence-corrected chi connectivity index (χ0v) is 39.8. The van der Waals surface area contributed by atoms with Crippen molar-refractivity contribution in [3.8, 4) is 0 Å². The summed E-state index contributed by atoms with van der Waals surface area (Å²) in [4.78, 5) is 7.98. The molecule has 4 aromatic carbocycles. The first-order chi connectivity index (χ1) is 30.2. The van der Waals surface area contributed by atoms with Gasteiger partial charge in [0.2, 0.25) is 0 Å². The normalized spacial score (nSPS) is 21.9. The Hall–Kier alpha value is -6.42. The molecule has 8 nitrogen and oxygen atoms in total. The molecule has 3 aliphatic heterocycles. The molecule has 9 rings (SSSR count). The van der Waals surface area contributed by atoms with Crippen LogP contribution in [0.5, 0.6) is 0 Å². The second-order valence-electron chi connectivity index (χ2n) is 21.2. The van der Waals surface area contributed by atoms with Crippen LogP contribution in [0.25, 0.3) is 22.3 Å². The lowest BCUT2D eigenvalue weighted by molar-refractivity contribution is 0.486. The molecule has 0 amide bonds. The number of aromatic amines is 2. The molecule has 6 aromatic rings. The first-order valence-electron chi connectivity index (χ1n) is 22.4. The van der Waals surface area contributed by atoms with Crippen LogP contribution in [0.2, 0.25) is 0 Å². The first kappa shape index (κ1) is 42.9. The molecule has 3 aliphatic rings. The zero-order chi connectivity index (χ0) is 45.3. The van der Waals surface area contributed by atoms with Crippen LogP contribution in [0.4, 0.5) is 22.7 Å². The van der Waals surface area contributed by atoms with Crippen molar-refractivity contribution in [1.82, 2.24) is 38.5 Å². The van der Waals surface area contributed by atoms with Crippen molar-refractivity contribution in [3.05, 3.63) is 201 Å². The van der Waals surface area contributed by atoms with Crippen molar-refractivity contribution in [2.45, 2.75) is 12.1 Å². The van der Waals surface area contributed by atoms with Crippen molar-refractivity contribution >= 4 is 45.0 Å². The zero-order valence-electron chi connectivity index (χ0n) is 39.8. The Bertz CT molecular complexity index is 2780. The standard InChI is InChI=1S/C56H66N8/c1-61(2,3)41-21-13-37(14-22-41)53-45-29-31-47(57-45)54(38-15-23-42(24-16-38)62(4,5)6)49-33-35-51(59-49)56(40-19-27-44(28-20-40)64(10,11)12)52-36-34-50(60-52)55(48-32-30-46(53)58-48)39-17-25-43(26-18-39)63(7,8)9/h13-36,45,50,57-60H,1-12H3/q+4/b53-46-,54-47-,55-48-,56-52-. The molecule has 0 fully saturated rings. The molecule has 2 unspecified atom stereocenters. The van der Waals surface area contributed by atoms with Crippen LogP contribution >= 0.6 is 0 Å². The monoisotopic (exact) mass is 851 g/mol. The molecule has 0 aliphatic carbocycles. The van der Waals surface area contributed by atoms with Gasteiger partial charge in [0.05, 0.1) is 96.7 Å². The van der Waals surface area contributed by atoms with E-state index in [4.69, 9.17) is 0 Å². The highest BCUT2D eigenvalue weighted by atomic mass is 15.3. The summed E-state index contributed by atoms with van der Waals surface area (Å²) in [6, 6.07) is 45.2. The summed E-state index contributed by atoms with van der Waals surface area (Å²) in [5.74, 6) is 0. The lowest BCUT2D eigenvalue weighted by atomic mass is 9.98. The van der Waals surface area contributed by atoms with Gasteiger partial charge in [-0.25, -0.2) is 0 Å². The number of hydrogen-bond acceptors (Lipinski definition) is 2. The molecule has 326 valence electrons. The van der Waals surface area contributed by atoms with Crippen LogP contribution in [0.1, 0.15) is 33.6 Å². The third-order valence-corrected chi connectivity index (χ3v) is 13.0. The summed E-state index contributed by atoms with van der Waals surface area (Å²) in [7, 11) is 26.6. The minimum Gasteiger partial charge on any atom is -0.374 e. The lowest BCUT2D eigenvalue weighted by Gasteiger charge is -2.24. The lowest BCUT2D eigenvalue weighted by Crippen LogP contribution is -2.35. The van der Waals surface area contributed by atoms with Crippen LogP contribution in [0, 0.1) is 0 Å². The molecular formula is C56H66N8+4. The van der Waals surface area contributed by atoms with Gasteiger partial charge in [-0.3, -0.25) is 17.9 Å². The van der Waals surface area contributed by atoms with Gasteiger partial charge in [0.25, 0.3) is 0 Å². The van der Waals surface area contributed by atoms with Gasteiger partial charge in [-0.2, -0.15) is 0 Å². The van der Waals surface area contributed by atoms with E-state index in [0.717, 1.165) is 73.7 Å². The maximum atomic E-state index is 4.05. The fourth-order valence-electron chi connectivity index (χ4n) is 9.20. The number of aromatic nitrogens is 2. The topological polar surface area (TPSA) is 55.6 Å². The number of hydrogen-bond donors (Lipinski definition) is 4. The van der Waals surface area contributed by atoms with E-state index in [-0.39, 0.29) is 12.1 Å². The molecule has 8 heteroatoms. The average molecular weight is 851 g/mol. The quantitative estimate of drug-likeness (QED) is 0.118. The fraction of sp³-hybridized carbons (Fsp3) is 0.250. The fourth-order valence-corrected chi connectivity index (χ4v) is 9.20. The number of nitrogens with one attached hydrogen (secondary N) is 4. The van der Waals surface area contributed by atoms with Gasteiger partial charge in [0.1, 0.15) is 22.7 Å². The van der Waals surface area contributed by atoms with Crippen LogP contribution in [-0.2, 0) is 0 Å². The highest BCUT2D eigenvalue weighted by Crippen LogP contribution is 2.37. The van der Waals surface area contributed by atoms with Gasteiger partial charge in [-0.05, 0) is 156 Å². The van der Waals surface area contributed by atoms with Crippen LogP contribution < -0.4 is 39.3 Å². The van der Waals surface area contributed by atoms with Crippen molar-refractivity contribution in [3.63, 3.8) is 0 Å². The minimum absolute atomic E-state index is 0.0992. The first-order valence-corrected chi connectivity index (χ1v) is 22.4. The third kappa shape index (κ3) is 8.26. The molecule has 0 spiro atoms. The van der Waals surface area contributed by atoms with Crippen LogP contribution in [-0.4, -0.2) is 107 Å². The van der Waals surface area contributed by atoms with E-state index >= 15 is 0 Å². The van der Waals surface area contributed by atoms with Gasteiger partial charge in [0, 0.05) is 55.8 Å². The highest BCUT2D eigenvalue weighted by molar-refractivity contribution is 5.89. The van der Waals surface area contributed by atoms with Crippen LogP contribution in [0.15, 0.2) is 157 Å². The molecule has 8 bridgehead atoms. The van der Waals surface area contributed by atoms with Gasteiger partial charge >= 0.3 is 0 Å². The number of quaternary nitrogens is 4. The minimum atomic E-state index is -0.0992. The molecular weight excluding hydrogens is 785 g/mol. The number of fused-ring (bicyclic) bond motifs is 8. The average Bonchev–Trinajstić information content (AvgIpc) is 4.08. The van der Waals surface area contributed by atoms with E-state index < -0.39 is 0 Å². The molecule has 0 saturated carbocycles. The smallest absolute Gasteiger partial charge is 0.132 e. The van der Waals surface area contributed by atoms with E-state index in [1.54, 1.807) is 0 Å². The number of benzene rings is 4. The van der Waals surface area contributed by atoms with Crippen molar-refractivity contribution < 1.29 is 0 Å². The van der Waals surface area contributed by atoms with Gasteiger partial charge in [-0.1, -0.05) is 12.2 Å². The maximum absolute atomic E-state index is 4.05. The summed E-state index contributed by atoms with van der Waals surface area (Å²) >= 11 is 0. The Balaban J connectivity index is 1.32. The summed E-state index contributed by atoms with van der Waals surface area (Å²) in [6.45, 7) is 0. The summed E-state index contributed by atoms with van der Waals surface area (Å²) in [5, 5.41) is 10.3. The Morgan fingerprint density at radius 1 is 0.328 bits per heavy atom. The van der Waals surface area contributed by atoms with E-state index in [0.29, 0.717) is 0 Å². The number of nitrogens with zero attached hydrogens (tertiary/aromatic N) is 4. The molecule has 64 heavy (non-hydrogen) atoms. The molecule has 2 aromatic heterocycles. The summed E-state index contributed by atoms with van der Waals surface area (Å²) in [5.41, 5.74) is 18.5. The van der Waals surface area contributed by atoms with E-state index in [1.807, 2.05) is 0 Å². The number of rotatable bonds is 8. The Kier molecular flexibility index (Phi) is 10.5. The molecule has 2 atom stereocenters. The number of allylic oxidation sites excluding steroid dienone is 2. The largest absolute Gasteiger partial charge is 0.374 e. The van der Waals surface area contributed by atoms with E-state index in [2.05, 4.69) is 251 Å². The van der Waals surface area contributed by atoms with Crippen LogP contribution in [0.3, 0.4) is 0 Å². The molecule has 0 radical (unpaired) electrons. The van der Waals surface area contributed by atoms with Crippen molar-refractivity contribution in [2.24, 2.45) is 0 Å². The van der Waals surface area contributed by atoms with Crippen molar-refractivity contribution in [2.75, 3.05) is 84.6 Å². The van der Waals surface area contributed by atoms with E-state index in [9.17, 15) is 0 Å². The number of H-pyrrole nitrogens is 2. The molecule has 0 saturated heterocycles. The molecule has 5 heterocycles. The summed E-state index contributed by atoms with van der Waals surface area (Å²) < 4.78 is 2.98. The predicted octanol–water partition coefficient (Wildman–Crippen LogP) is 7.82. The summed E-state index contributed by atoms with van der Waals surface area (Å²) in [6.07, 6.45) is 9.20. The third-order valence-electron chi connectivity index (χ3n) is 13.0. The SMILES string of the molecule is C[N+](C)(C)c1ccc(/C2=C3\C=CC(N3)/C(c3ccc([N+](C)(C)C)cc3)=c3/cc/c([nH]3)=C(\c3ccc([N+](C)(C)C)cc3)C3C=C/C(=C(\c4ccc([N+](C)(C)C)cc4)c4ccc2[nH]4)N3)cc1. The predicted molar refractivity (Wildman–Crippen MR) is 274 cm³/mol. The van der Waals surface area contributed by atoms with Gasteiger partial charge < -0.3 is 20.6 Å². The highest BCUT2D eigenvalue weighted by Gasteiger charge is 2.29. The second kappa shape index (κ2) is 15.7. The van der Waals surface area contributed by atoms with Gasteiger partial charge in [-0.15, -0.1) is 0 Å². The van der Waals surface area contributed by atoms with Gasteiger partial charge in [0.15, 0.2) is 0 Å². The van der Waals surface area contributed by atoms with Crippen molar-refractivity contribution in [1.29, 1.82) is 0 Å². The second-order valence-corrected chi connectivity index (χ2v) is 21.2. The maximum Gasteiger partial charge on any atom is 0.132 e. The Labute approximate surface area is 380 Å². The Morgan fingerprint density at radius 2 is 0.625 bits per heavy atom. The Morgan fingerprint density at radius 3 is 0.922 bits per heavy atom. The van der Waals surface area contributed by atoms with E-state index in [1.165, 1.54) is 45.0 Å².